The van der Waals surface area contributed by atoms with Gasteiger partial charge in [-0.3, -0.25) is 0 Å². The molecule has 1 rings (SSSR count). The molecule has 4 heteroatoms. The van der Waals surface area contributed by atoms with Crippen LogP contribution in [0.1, 0.15) is 50.2 Å². The zero-order chi connectivity index (χ0) is 12.8. The molecule has 0 bridgehead atoms. The summed E-state index contributed by atoms with van der Waals surface area (Å²) >= 11 is 0. The van der Waals surface area contributed by atoms with E-state index >= 15 is 0 Å². The third-order valence-electron chi connectivity index (χ3n) is 2.58. The highest BCUT2D eigenvalue weighted by Crippen LogP contribution is 2.24. The zero-order valence-electron chi connectivity index (χ0n) is 11.5. The van der Waals surface area contributed by atoms with Gasteiger partial charge in [0, 0.05) is 24.9 Å². The third-order valence-corrected chi connectivity index (χ3v) is 2.58. The summed E-state index contributed by atoms with van der Waals surface area (Å²) in [5, 5.41) is 3.14. The van der Waals surface area contributed by atoms with Crippen molar-refractivity contribution in [3.63, 3.8) is 0 Å². The first-order valence-corrected chi connectivity index (χ1v) is 6.23. The van der Waals surface area contributed by atoms with Crippen molar-refractivity contribution in [1.29, 1.82) is 0 Å². The lowest BCUT2D eigenvalue weighted by Gasteiger charge is -2.15. The van der Waals surface area contributed by atoms with Gasteiger partial charge in [0.05, 0.1) is 0 Å². The van der Waals surface area contributed by atoms with Crippen LogP contribution in [0.25, 0.3) is 0 Å². The summed E-state index contributed by atoms with van der Waals surface area (Å²) in [4.78, 5) is 9.00. The van der Waals surface area contributed by atoms with Crippen molar-refractivity contribution in [3.8, 4) is 0 Å². The summed E-state index contributed by atoms with van der Waals surface area (Å²) in [7, 11) is 1.89. The van der Waals surface area contributed by atoms with E-state index in [9.17, 15) is 0 Å². The van der Waals surface area contributed by atoms with E-state index in [1.165, 1.54) is 5.56 Å². The average Bonchev–Trinajstić information content (AvgIpc) is 2.27. The van der Waals surface area contributed by atoms with E-state index in [2.05, 4.69) is 36.1 Å². The van der Waals surface area contributed by atoms with Gasteiger partial charge in [0.2, 0.25) is 0 Å². The monoisotopic (exact) mass is 237 g/mol. The Morgan fingerprint density at radius 2 is 2.00 bits per heavy atom. The normalized spacial score (nSPS) is 10.9. The number of nitrogens with zero attached hydrogens (tertiary/aromatic N) is 2. The number of anilines is 1. The Labute approximate surface area is 104 Å². The van der Waals surface area contributed by atoms with Crippen molar-refractivity contribution >= 4 is 5.82 Å². The first kappa shape index (κ1) is 13.9. The second-order valence-corrected chi connectivity index (χ2v) is 4.44. The second-order valence-electron chi connectivity index (χ2n) is 4.44. The fourth-order valence-corrected chi connectivity index (χ4v) is 1.89. The van der Waals surface area contributed by atoms with E-state index in [0.717, 1.165) is 30.4 Å². The van der Waals surface area contributed by atoms with E-state index in [4.69, 9.17) is 4.74 Å². The molecular formula is C13H23N3O. The third kappa shape index (κ3) is 3.66. The first-order valence-electron chi connectivity index (χ1n) is 6.23. The number of rotatable bonds is 6. The molecule has 0 aliphatic rings. The van der Waals surface area contributed by atoms with Crippen LogP contribution in [0.2, 0.25) is 0 Å². The highest BCUT2D eigenvalue weighted by molar-refractivity contribution is 5.47. The fourth-order valence-electron chi connectivity index (χ4n) is 1.89. The molecule has 96 valence electrons. The van der Waals surface area contributed by atoms with Crippen molar-refractivity contribution in [2.75, 3.05) is 19.0 Å². The standard InChI is InChI=1S/C13H23N3O/c1-6-7-17-8-11-15-10(4)12(9(2)3)13(14-5)16-11/h9H,6-8H2,1-5H3,(H,14,15,16). The lowest BCUT2D eigenvalue weighted by atomic mass is 10.0. The summed E-state index contributed by atoms with van der Waals surface area (Å²) in [5.74, 6) is 2.09. The maximum Gasteiger partial charge on any atom is 0.156 e. The molecule has 0 saturated heterocycles. The van der Waals surface area contributed by atoms with Crippen molar-refractivity contribution in [2.45, 2.75) is 46.6 Å². The van der Waals surface area contributed by atoms with Crippen LogP contribution in [0.3, 0.4) is 0 Å². The first-order chi connectivity index (χ1) is 8.10. The minimum absolute atomic E-state index is 0.420. The molecule has 0 unspecified atom stereocenters. The number of aryl methyl sites for hydroxylation is 1. The SMILES string of the molecule is CCCOCc1nc(C)c(C(C)C)c(NC)n1. The molecule has 1 aromatic heterocycles. The fraction of sp³-hybridized carbons (Fsp3) is 0.692. The van der Waals surface area contributed by atoms with Gasteiger partial charge in [-0.25, -0.2) is 9.97 Å². The molecule has 17 heavy (non-hydrogen) atoms. The van der Waals surface area contributed by atoms with Crippen molar-refractivity contribution < 1.29 is 4.74 Å². The Hall–Kier alpha value is -1.16. The Kier molecular flexibility index (Phi) is 5.35. The van der Waals surface area contributed by atoms with Crippen LogP contribution in [0.15, 0.2) is 0 Å². The molecule has 0 aromatic carbocycles. The van der Waals surface area contributed by atoms with Gasteiger partial charge < -0.3 is 10.1 Å². The predicted molar refractivity (Wildman–Crippen MR) is 70.4 cm³/mol. The van der Waals surface area contributed by atoms with Crippen LogP contribution < -0.4 is 5.32 Å². The average molecular weight is 237 g/mol. The summed E-state index contributed by atoms with van der Waals surface area (Å²) in [6.45, 7) is 9.67. The maximum absolute atomic E-state index is 5.47. The van der Waals surface area contributed by atoms with E-state index in [-0.39, 0.29) is 0 Å². The Balaban J connectivity index is 2.92. The molecule has 0 atom stereocenters. The predicted octanol–water partition coefficient (Wildman–Crippen LogP) is 2.88. The van der Waals surface area contributed by atoms with Gasteiger partial charge in [0.25, 0.3) is 0 Å². The van der Waals surface area contributed by atoms with E-state index in [1.54, 1.807) is 0 Å². The van der Waals surface area contributed by atoms with E-state index in [1.807, 2.05) is 14.0 Å². The zero-order valence-corrected chi connectivity index (χ0v) is 11.5. The van der Waals surface area contributed by atoms with Crippen LogP contribution >= 0.6 is 0 Å². The van der Waals surface area contributed by atoms with Gasteiger partial charge in [-0.1, -0.05) is 20.8 Å². The molecule has 0 amide bonds. The van der Waals surface area contributed by atoms with Crippen molar-refractivity contribution in [1.82, 2.24) is 9.97 Å². The highest BCUT2D eigenvalue weighted by Gasteiger charge is 2.13. The molecule has 0 fully saturated rings. The largest absolute Gasteiger partial charge is 0.373 e. The number of hydrogen-bond acceptors (Lipinski definition) is 4. The van der Waals surface area contributed by atoms with Crippen molar-refractivity contribution in [3.05, 3.63) is 17.1 Å². The van der Waals surface area contributed by atoms with Gasteiger partial charge in [0.15, 0.2) is 5.82 Å². The minimum atomic E-state index is 0.420. The molecule has 0 saturated carbocycles. The molecule has 4 nitrogen and oxygen atoms in total. The molecular weight excluding hydrogens is 214 g/mol. The quantitative estimate of drug-likeness (QED) is 0.773. The van der Waals surface area contributed by atoms with Crippen molar-refractivity contribution in [2.24, 2.45) is 0 Å². The summed E-state index contributed by atoms with van der Waals surface area (Å²) in [6.07, 6.45) is 1.02. The lowest BCUT2D eigenvalue weighted by Crippen LogP contribution is -2.10. The summed E-state index contributed by atoms with van der Waals surface area (Å²) < 4.78 is 5.47. The van der Waals surface area contributed by atoms with Gasteiger partial charge in [-0.05, 0) is 19.3 Å². The highest BCUT2D eigenvalue weighted by atomic mass is 16.5. The van der Waals surface area contributed by atoms with E-state index in [0.29, 0.717) is 12.5 Å². The van der Waals surface area contributed by atoms with Gasteiger partial charge in [-0.2, -0.15) is 0 Å². The molecule has 1 aromatic rings. The van der Waals surface area contributed by atoms with Crippen LogP contribution in [0.5, 0.6) is 0 Å². The van der Waals surface area contributed by atoms with Gasteiger partial charge >= 0.3 is 0 Å². The molecule has 0 aliphatic heterocycles. The topological polar surface area (TPSA) is 47.0 Å². The molecule has 1 N–H and O–H groups in total. The molecule has 0 aliphatic carbocycles. The second kappa shape index (κ2) is 6.55. The lowest BCUT2D eigenvalue weighted by molar-refractivity contribution is 0.116. The molecule has 0 spiro atoms. The number of hydrogen-bond donors (Lipinski definition) is 1. The number of ether oxygens (including phenoxy) is 1. The Morgan fingerprint density at radius 3 is 2.53 bits per heavy atom. The van der Waals surface area contributed by atoms with Crippen LogP contribution in [0, 0.1) is 6.92 Å². The maximum atomic E-state index is 5.47. The summed E-state index contributed by atoms with van der Waals surface area (Å²) in [5.41, 5.74) is 2.22. The Morgan fingerprint density at radius 1 is 1.29 bits per heavy atom. The Bertz CT molecular complexity index is 364. The van der Waals surface area contributed by atoms with Crippen LogP contribution in [0.4, 0.5) is 5.82 Å². The van der Waals surface area contributed by atoms with Gasteiger partial charge in [-0.15, -0.1) is 0 Å². The smallest absolute Gasteiger partial charge is 0.156 e. The van der Waals surface area contributed by atoms with E-state index < -0.39 is 0 Å². The molecule has 1 heterocycles. The molecule has 0 radical (unpaired) electrons. The summed E-state index contributed by atoms with van der Waals surface area (Å²) in [6, 6.07) is 0. The van der Waals surface area contributed by atoms with Gasteiger partial charge in [0.1, 0.15) is 12.4 Å². The van der Waals surface area contributed by atoms with Crippen LogP contribution in [-0.4, -0.2) is 23.6 Å². The number of aromatic nitrogens is 2. The minimum Gasteiger partial charge on any atom is -0.373 e. The number of nitrogens with one attached hydrogen (secondary N) is 1. The van der Waals surface area contributed by atoms with Crippen LogP contribution in [-0.2, 0) is 11.3 Å².